The fourth-order valence-electron chi connectivity index (χ4n) is 5.43. The van der Waals surface area contributed by atoms with Gasteiger partial charge in [-0.2, -0.15) is 0 Å². The molecule has 1 aliphatic heterocycles. The number of aromatic nitrogens is 1. The lowest BCUT2D eigenvalue weighted by Gasteiger charge is -2.39. The van der Waals surface area contributed by atoms with Crippen LogP contribution in [0, 0.1) is 11.8 Å². The molecule has 2 aromatic carbocycles. The topological polar surface area (TPSA) is 68.7 Å². The molecule has 1 atom stereocenters. The second kappa shape index (κ2) is 11.9. The van der Waals surface area contributed by atoms with E-state index in [-0.39, 0.29) is 17.5 Å². The molecule has 6 nitrogen and oxygen atoms in total. The molecular formula is C31H41ClN4O2. The highest BCUT2D eigenvalue weighted by Gasteiger charge is 2.35. The van der Waals surface area contributed by atoms with Crippen molar-refractivity contribution in [2.24, 2.45) is 11.8 Å². The number of phenols is 1. The maximum absolute atomic E-state index is 13.4. The summed E-state index contributed by atoms with van der Waals surface area (Å²) in [6.45, 7) is 8.15. The molecule has 5 rings (SSSR count). The van der Waals surface area contributed by atoms with Crippen LogP contribution < -0.4 is 10.2 Å². The van der Waals surface area contributed by atoms with Gasteiger partial charge < -0.3 is 20.2 Å². The minimum atomic E-state index is 0.0400. The average molecular weight is 537 g/mol. The number of anilines is 2. The summed E-state index contributed by atoms with van der Waals surface area (Å²) in [4.78, 5) is 22.8. The Balaban J connectivity index is 0.00000164. The summed E-state index contributed by atoms with van der Waals surface area (Å²) in [5.41, 5.74) is 5.09. The fourth-order valence-corrected chi connectivity index (χ4v) is 5.65. The van der Waals surface area contributed by atoms with E-state index in [9.17, 15) is 9.90 Å². The van der Waals surface area contributed by atoms with Gasteiger partial charge in [0.2, 0.25) is 0 Å². The summed E-state index contributed by atoms with van der Waals surface area (Å²) in [7, 11) is 6.06. The number of nitrogens with one attached hydrogen (secondary N) is 1. The summed E-state index contributed by atoms with van der Waals surface area (Å²) >= 11 is 6.33. The van der Waals surface area contributed by atoms with E-state index < -0.39 is 0 Å². The third-order valence-electron chi connectivity index (χ3n) is 8.07. The van der Waals surface area contributed by atoms with Crippen LogP contribution in [-0.2, 0) is 0 Å². The maximum atomic E-state index is 13.4. The molecule has 38 heavy (non-hydrogen) atoms. The fraction of sp³-hybridized carbons (Fsp3) is 0.484. The van der Waals surface area contributed by atoms with Crippen LogP contribution in [0.3, 0.4) is 0 Å². The van der Waals surface area contributed by atoms with Gasteiger partial charge >= 0.3 is 0 Å². The summed E-state index contributed by atoms with van der Waals surface area (Å²) in [5, 5.41) is 14.6. The Morgan fingerprint density at radius 2 is 1.79 bits per heavy atom. The number of hydrogen-bond acceptors (Lipinski definition) is 6. The zero-order valence-corrected chi connectivity index (χ0v) is 24.3. The smallest absolute Gasteiger partial charge is 0.169 e. The predicted molar refractivity (Wildman–Crippen MR) is 160 cm³/mol. The van der Waals surface area contributed by atoms with Gasteiger partial charge in [0.1, 0.15) is 0 Å². The van der Waals surface area contributed by atoms with Gasteiger partial charge in [0, 0.05) is 43.7 Å². The van der Waals surface area contributed by atoms with Crippen molar-refractivity contribution in [1.82, 2.24) is 9.88 Å². The van der Waals surface area contributed by atoms with Crippen molar-refractivity contribution >= 4 is 39.7 Å². The normalized spacial score (nSPS) is 16.8. The van der Waals surface area contributed by atoms with E-state index in [0.29, 0.717) is 22.7 Å². The van der Waals surface area contributed by atoms with Gasteiger partial charge in [-0.15, -0.1) is 0 Å². The first-order valence-electron chi connectivity index (χ1n) is 13.9. The van der Waals surface area contributed by atoms with Crippen molar-refractivity contribution in [2.75, 3.05) is 44.4 Å². The van der Waals surface area contributed by atoms with E-state index in [1.54, 1.807) is 19.3 Å². The molecule has 1 saturated heterocycles. The lowest BCUT2D eigenvalue weighted by molar-refractivity contribution is 0.0967. The van der Waals surface area contributed by atoms with Crippen molar-refractivity contribution in [1.29, 1.82) is 0 Å². The second-order valence-corrected chi connectivity index (χ2v) is 10.9. The van der Waals surface area contributed by atoms with Crippen LogP contribution in [0.2, 0.25) is 5.02 Å². The van der Waals surface area contributed by atoms with E-state index in [1.165, 1.54) is 0 Å². The predicted octanol–water partition coefficient (Wildman–Crippen LogP) is 7.09. The SMILES string of the molecule is CC.CNc1cc(-c2ccc3ncc(C(=O)C4CC4)c(N4CCC(C(C)N(C)C)CC4)c3c2)cc(Cl)c1O. The Bertz CT molecular complexity index is 1300. The quantitative estimate of drug-likeness (QED) is 0.248. The standard InChI is InChI=1S/C29H35ClN4O2.C2H6/c1-17(33(3)4)18-9-11-34(12-10-18)27-22-13-20(21-14-24(30)29(36)26(15-21)31-2)7-8-25(22)32-16-23(27)28(35)19-5-6-19;1-2/h7-8,13-19,31,36H,5-6,9-12H2,1-4H3;1-2H3. The first-order valence-corrected chi connectivity index (χ1v) is 14.2. The molecule has 0 spiro atoms. The molecule has 2 aliphatic rings. The Kier molecular flexibility index (Phi) is 8.84. The van der Waals surface area contributed by atoms with Crippen LogP contribution in [-0.4, -0.2) is 61.0 Å². The highest BCUT2D eigenvalue weighted by atomic mass is 35.5. The highest BCUT2D eigenvalue weighted by molar-refractivity contribution is 6.32. The number of pyridine rings is 1. The number of fused-ring (bicyclic) bond motifs is 1. The molecular weight excluding hydrogens is 496 g/mol. The Labute approximate surface area is 232 Å². The highest BCUT2D eigenvalue weighted by Crippen LogP contribution is 2.42. The summed E-state index contributed by atoms with van der Waals surface area (Å²) < 4.78 is 0. The van der Waals surface area contributed by atoms with Crippen molar-refractivity contribution in [3.63, 3.8) is 0 Å². The number of phenolic OH excluding ortho intramolecular Hbond substituents is 1. The summed E-state index contributed by atoms with van der Waals surface area (Å²) in [6.07, 6.45) is 5.93. The van der Waals surface area contributed by atoms with Crippen molar-refractivity contribution in [3.8, 4) is 16.9 Å². The summed E-state index contributed by atoms with van der Waals surface area (Å²) in [6, 6.07) is 10.4. The first kappa shape index (κ1) is 28.2. The average Bonchev–Trinajstić information content (AvgIpc) is 3.79. The minimum Gasteiger partial charge on any atom is -0.504 e. The number of benzene rings is 2. The zero-order chi connectivity index (χ0) is 27.6. The Morgan fingerprint density at radius 3 is 2.39 bits per heavy atom. The van der Waals surface area contributed by atoms with Gasteiger partial charge in [0.05, 0.1) is 27.5 Å². The number of ketones is 1. The van der Waals surface area contributed by atoms with Gasteiger partial charge in [-0.25, -0.2) is 0 Å². The number of piperidine rings is 1. The largest absolute Gasteiger partial charge is 0.504 e. The molecule has 204 valence electrons. The number of Topliss-reactive ketones (excluding diaryl/α,β-unsaturated/α-hetero) is 1. The van der Waals surface area contributed by atoms with E-state index in [2.05, 4.69) is 42.2 Å². The molecule has 1 saturated carbocycles. The van der Waals surface area contributed by atoms with Crippen molar-refractivity contribution < 1.29 is 9.90 Å². The monoisotopic (exact) mass is 536 g/mol. The number of halogens is 1. The zero-order valence-electron chi connectivity index (χ0n) is 23.5. The Hall–Kier alpha value is -2.83. The lowest BCUT2D eigenvalue weighted by Crippen LogP contribution is -2.42. The number of hydrogen-bond donors (Lipinski definition) is 2. The third-order valence-corrected chi connectivity index (χ3v) is 8.36. The van der Waals surface area contributed by atoms with Crippen LogP contribution >= 0.6 is 11.6 Å². The van der Waals surface area contributed by atoms with Crippen LogP contribution in [0.25, 0.3) is 22.0 Å². The Morgan fingerprint density at radius 1 is 1.11 bits per heavy atom. The lowest BCUT2D eigenvalue weighted by atomic mass is 9.88. The van der Waals surface area contributed by atoms with Gasteiger partial charge in [-0.05, 0) is 88.0 Å². The third kappa shape index (κ3) is 5.62. The van der Waals surface area contributed by atoms with Gasteiger partial charge in [-0.1, -0.05) is 31.5 Å². The molecule has 2 fully saturated rings. The van der Waals surface area contributed by atoms with Crippen LogP contribution in [0.15, 0.2) is 36.5 Å². The molecule has 3 aromatic rings. The van der Waals surface area contributed by atoms with E-state index >= 15 is 0 Å². The van der Waals surface area contributed by atoms with Crippen LogP contribution in [0.4, 0.5) is 11.4 Å². The molecule has 7 heteroatoms. The summed E-state index contributed by atoms with van der Waals surface area (Å²) in [5.74, 6) is 1.03. The molecule has 0 amide bonds. The number of carbonyl (C=O) groups excluding carboxylic acids is 1. The van der Waals surface area contributed by atoms with Gasteiger partial charge in [-0.3, -0.25) is 9.78 Å². The van der Waals surface area contributed by atoms with Crippen molar-refractivity contribution in [3.05, 3.63) is 47.1 Å². The molecule has 2 N–H and O–H groups in total. The second-order valence-electron chi connectivity index (χ2n) is 10.5. The van der Waals surface area contributed by atoms with Crippen molar-refractivity contribution in [2.45, 2.75) is 52.5 Å². The van der Waals surface area contributed by atoms with Gasteiger partial charge in [0.15, 0.2) is 11.5 Å². The van der Waals surface area contributed by atoms with E-state index in [1.807, 2.05) is 32.0 Å². The number of rotatable bonds is 7. The molecule has 0 bridgehead atoms. The molecule has 1 unspecified atom stereocenters. The number of nitrogens with zero attached hydrogens (tertiary/aromatic N) is 3. The van der Waals surface area contributed by atoms with Gasteiger partial charge in [0.25, 0.3) is 0 Å². The molecule has 2 heterocycles. The minimum absolute atomic E-state index is 0.0400. The first-order chi connectivity index (χ1) is 18.3. The number of aromatic hydroxyl groups is 1. The number of carbonyl (C=O) groups is 1. The van der Waals surface area contributed by atoms with Crippen LogP contribution in [0.1, 0.15) is 56.8 Å². The van der Waals surface area contributed by atoms with E-state index in [0.717, 1.165) is 72.1 Å². The van der Waals surface area contributed by atoms with E-state index in [4.69, 9.17) is 16.6 Å². The molecule has 1 aromatic heterocycles. The maximum Gasteiger partial charge on any atom is 0.169 e. The van der Waals surface area contributed by atoms with Crippen LogP contribution in [0.5, 0.6) is 5.75 Å². The molecule has 0 radical (unpaired) electrons. The molecule has 1 aliphatic carbocycles.